The predicted molar refractivity (Wildman–Crippen MR) is 117 cm³/mol. The zero-order valence-corrected chi connectivity index (χ0v) is 17.2. The van der Waals surface area contributed by atoms with Gasteiger partial charge in [0, 0.05) is 25.2 Å². The van der Waals surface area contributed by atoms with Crippen LogP contribution in [0.15, 0.2) is 65.4 Å². The minimum Gasteiger partial charge on any atom is -0.497 e. The second kappa shape index (κ2) is 9.37. The number of likely N-dealkylation sites (N-methyl/N-ethyl adjacent to an activating group) is 1. The molecule has 0 spiro atoms. The Kier molecular flexibility index (Phi) is 6.20. The zero-order chi connectivity index (χ0) is 20.8. The number of aromatic nitrogens is 3. The van der Waals surface area contributed by atoms with Crippen LogP contribution in [0.25, 0.3) is 22.4 Å². The molecule has 4 rings (SSSR count). The molecule has 0 aliphatic heterocycles. The molecule has 7 heteroatoms. The van der Waals surface area contributed by atoms with E-state index in [0.717, 1.165) is 48.7 Å². The number of fused-ring (bicyclic) bond motifs is 1. The number of nitrogens with zero attached hydrogens (tertiary/aromatic N) is 4. The van der Waals surface area contributed by atoms with E-state index in [1.807, 2.05) is 30.3 Å². The van der Waals surface area contributed by atoms with E-state index < -0.39 is 0 Å². The van der Waals surface area contributed by atoms with Crippen molar-refractivity contribution < 1.29 is 9.26 Å². The number of ether oxygens (including phenoxy) is 1. The van der Waals surface area contributed by atoms with Gasteiger partial charge in [-0.15, -0.1) is 0 Å². The van der Waals surface area contributed by atoms with Gasteiger partial charge < -0.3 is 14.6 Å². The standard InChI is InChI=1S/C23H25N5O2/c1-3-28(15-17-8-5-4-6-9-17)13-12-24-22-20-21(27-30-23(20)26-16-25-22)18-10-7-11-19(14-18)29-2/h4-11,14,16H,3,12-13,15H2,1-2H3,(H,24,25,26). The first-order valence-electron chi connectivity index (χ1n) is 10.0. The Bertz CT molecular complexity index is 1100. The van der Waals surface area contributed by atoms with E-state index in [1.54, 1.807) is 7.11 Å². The number of hydrogen-bond donors (Lipinski definition) is 1. The van der Waals surface area contributed by atoms with Gasteiger partial charge >= 0.3 is 0 Å². The molecular formula is C23H25N5O2. The fraction of sp³-hybridized carbons (Fsp3) is 0.261. The fourth-order valence-electron chi connectivity index (χ4n) is 3.41. The van der Waals surface area contributed by atoms with Gasteiger partial charge in [0.25, 0.3) is 5.71 Å². The third kappa shape index (κ3) is 4.41. The van der Waals surface area contributed by atoms with Crippen LogP contribution in [0.1, 0.15) is 12.5 Å². The Morgan fingerprint density at radius 1 is 1.07 bits per heavy atom. The van der Waals surface area contributed by atoms with E-state index in [9.17, 15) is 0 Å². The van der Waals surface area contributed by atoms with Gasteiger partial charge in [-0.1, -0.05) is 54.5 Å². The molecule has 0 saturated carbocycles. The molecule has 2 aromatic carbocycles. The van der Waals surface area contributed by atoms with Crippen LogP contribution >= 0.6 is 0 Å². The highest BCUT2D eigenvalue weighted by molar-refractivity contribution is 5.97. The third-order valence-electron chi connectivity index (χ3n) is 5.03. The number of hydrogen-bond acceptors (Lipinski definition) is 7. The number of nitrogens with one attached hydrogen (secondary N) is 1. The SMILES string of the molecule is CCN(CCNc1ncnc2onc(-c3cccc(OC)c3)c12)Cc1ccccc1. The first kappa shape index (κ1) is 19.8. The Labute approximate surface area is 175 Å². The molecule has 0 saturated heterocycles. The molecular weight excluding hydrogens is 378 g/mol. The van der Waals surface area contributed by atoms with Gasteiger partial charge in [0.05, 0.1) is 7.11 Å². The van der Waals surface area contributed by atoms with Crippen molar-refractivity contribution >= 4 is 16.9 Å². The van der Waals surface area contributed by atoms with Crippen LogP contribution in [-0.4, -0.2) is 46.8 Å². The van der Waals surface area contributed by atoms with E-state index in [1.165, 1.54) is 11.9 Å². The summed E-state index contributed by atoms with van der Waals surface area (Å²) in [5, 5.41) is 8.45. The van der Waals surface area contributed by atoms with Gasteiger partial charge in [-0.3, -0.25) is 4.90 Å². The van der Waals surface area contributed by atoms with Crippen molar-refractivity contribution in [1.29, 1.82) is 0 Å². The summed E-state index contributed by atoms with van der Waals surface area (Å²) in [6.07, 6.45) is 1.49. The molecule has 0 radical (unpaired) electrons. The molecule has 0 bridgehead atoms. The molecule has 2 heterocycles. The van der Waals surface area contributed by atoms with Crippen LogP contribution in [0.5, 0.6) is 5.75 Å². The molecule has 0 fully saturated rings. The highest BCUT2D eigenvalue weighted by Crippen LogP contribution is 2.32. The van der Waals surface area contributed by atoms with Crippen molar-refractivity contribution in [3.8, 4) is 17.0 Å². The van der Waals surface area contributed by atoms with E-state index in [2.05, 4.69) is 56.5 Å². The lowest BCUT2D eigenvalue weighted by molar-refractivity contribution is 0.291. The summed E-state index contributed by atoms with van der Waals surface area (Å²) in [4.78, 5) is 11.1. The molecule has 2 aromatic heterocycles. The Hall–Kier alpha value is -3.45. The summed E-state index contributed by atoms with van der Waals surface area (Å²) in [6.45, 7) is 5.69. The number of rotatable bonds is 9. The number of methoxy groups -OCH3 is 1. The van der Waals surface area contributed by atoms with Crippen LogP contribution in [0.2, 0.25) is 0 Å². The topological polar surface area (TPSA) is 76.3 Å². The van der Waals surface area contributed by atoms with Gasteiger partial charge in [0.2, 0.25) is 0 Å². The predicted octanol–water partition coefficient (Wildman–Crippen LogP) is 4.23. The van der Waals surface area contributed by atoms with E-state index in [-0.39, 0.29) is 0 Å². The lowest BCUT2D eigenvalue weighted by Crippen LogP contribution is -2.28. The Morgan fingerprint density at radius 2 is 1.93 bits per heavy atom. The normalized spacial score (nSPS) is 11.2. The molecule has 30 heavy (non-hydrogen) atoms. The maximum atomic E-state index is 5.45. The van der Waals surface area contributed by atoms with Gasteiger partial charge in [-0.05, 0) is 24.2 Å². The Balaban J connectivity index is 1.51. The van der Waals surface area contributed by atoms with Gasteiger partial charge in [-0.25, -0.2) is 4.98 Å². The highest BCUT2D eigenvalue weighted by Gasteiger charge is 2.17. The fourth-order valence-corrected chi connectivity index (χ4v) is 3.41. The van der Waals surface area contributed by atoms with E-state index in [0.29, 0.717) is 11.4 Å². The van der Waals surface area contributed by atoms with Crippen molar-refractivity contribution in [2.75, 3.05) is 32.1 Å². The molecule has 7 nitrogen and oxygen atoms in total. The van der Waals surface area contributed by atoms with Crippen molar-refractivity contribution in [2.45, 2.75) is 13.5 Å². The number of benzene rings is 2. The molecule has 0 aliphatic carbocycles. The monoisotopic (exact) mass is 403 g/mol. The van der Waals surface area contributed by atoms with Crippen LogP contribution in [0.3, 0.4) is 0 Å². The summed E-state index contributed by atoms with van der Waals surface area (Å²) in [5.74, 6) is 1.48. The van der Waals surface area contributed by atoms with Crippen LogP contribution in [-0.2, 0) is 6.54 Å². The summed E-state index contributed by atoms with van der Waals surface area (Å²) < 4.78 is 10.8. The maximum Gasteiger partial charge on any atom is 0.263 e. The molecule has 4 aromatic rings. The van der Waals surface area contributed by atoms with E-state index in [4.69, 9.17) is 9.26 Å². The summed E-state index contributed by atoms with van der Waals surface area (Å²) in [6, 6.07) is 18.2. The summed E-state index contributed by atoms with van der Waals surface area (Å²) in [5.41, 5.74) is 3.36. The molecule has 0 amide bonds. The average Bonchev–Trinajstić information content (AvgIpc) is 3.24. The van der Waals surface area contributed by atoms with Crippen molar-refractivity contribution in [2.24, 2.45) is 0 Å². The molecule has 0 aliphatic rings. The lowest BCUT2D eigenvalue weighted by atomic mass is 10.1. The smallest absolute Gasteiger partial charge is 0.263 e. The Morgan fingerprint density at radius 3 is 2.73 bits per heavy atom. The zero-order valence-electron chi connectivity index (χ0n) is 17.2. The molecule has 1 N–H and O–H groups in total. The van der Waals surface area contributed by atoms with E-state index >= 15 is 0 Å². The molecule has 154 valence electrons. The maximum absolute atomic E-state index is 5.45. The molecule has 0 atom stereocenters. The first-order chi connectivity index (χ1) is 14.8. The van der Waals surface area contributed by atoms with Crippen molar-refractivity contribution in [1.82, 2.24) is 20.0 Å². The van der Waals surface area contributed by atoms with Gasteiger partial charge in [-0.2, -0.15) is 4.98 Å². The third-order valence-corrected chi connectivity index (χ3v) is 5.03. The quantitative estimate of drug-likeness (QED) is 0.448. The van der Waals surface area contributed by atoms with Crippen LogP contribution in [0.4, 0.5) is 5.82 Å². The largest absolute Gasteiger partial charge is 0.497 e. The minimum atomic E-state index is 0.460. The minimum absolute atomic E-state index is 0.460. The second-order valence-electron chi connectivity index (χ2n) is 6.95. The summed E-state index contributed by atoms with van der Waals surface area (Å²) in [7, 11) is 1.64. The van der Waals surface area contributed by atoms with Crippen molar-refractivity contribution in [3.63, 3.8) is 0 Å². The highest BCUT2D eigenvalue weighted by atomic mass is 16.5. The van der Waals surface area contributed by atoms with Crippen LogP contribution in [0, 0.1) is 0 Å². The van der Waals surface area contributed by atoms with Crippen molar-refractivity contribution in [3.05, 3.63) is 66.5 Å². The number of anilines is 1. The lowest BCUT2D eigenvalue weighted by Gasteiger charge is -2.20. The van der Waals surface area contributed by atoms with Gasteiger partial charge in [0.1, 0.15) is 29.0 Å². The average molecular weight is 403 g/mol. The van der Waals surface area contributed by atoms with Gasteiger partial charge in [0.15, 0.2) is 0 Å². The second-order valence-corrected chi connectivity index (χ2v) is 6.95. The first-order valence-corrected chi connectivity index (χ1v) is 10.0. The summed E-state index contributed by atoms with van der Waals surface area (Å²) >= 11 is 0. The molecule has 0 unspecified atom stereocenters. The van der Waals surface area contributed by atoms with Crippen LogP contribution < -0.4 is 10.1 Å².